The van der Waals surface area contributed by atoms with Gasteiger partial charge in [-0.05, 0) is 6.42 Å². The van der Waals surface area contributed by atoms with Crippen molar-refractivity contribution in [3.8, 4) is 0 Å². The molecule has 0 aliphatic rings. The van der Waals surface area contributed by atoms with Crippen molar-refractivity contribution in [2.24, 2.45) is 0 Å². The third-order valence-electron chi connectivity index (χ3n) is 2.39. The third kappa shape index (κ3) is 2.88. The lowest BCUT2D eigenvalue weighted by Gasteiger charge is -2.01. The lowest BCUT2D eigenvalue weighted by atomic mass is 10.2. The van der Waals surface area contributed by atoms with Gasteiger partial charge < -0.3 is 0 Å². The van der Waals surface area contributed by atoms with Crippen molar-refractivity contribution in [2.45, 2.75) is 39.2 Å². The Morgan fingerprint density at radius 3 is 2.81 bits per heavy atom. The van der Waals surface area contributed by atoms with Gasteiger partial charge in [-0.25, -0.2) is 0 Å². The Morgan fingerprint density at radius 1 is 1.50 bits per heavy atom. The highest BCUT2D eigenvalue weighted by Gasteiger charge is 2.19. The number of aromatic nitrogens is 2. The molecule has 0 atom stereocenters. The van der Waals surface area contributed by atoms with E-state index < -0.39 is 4.92 Å². The van der Waals surface area contributed by atoms with Gasteiger partial charge >= 0.3 is 5.69 Å². The van der Waals surface area contributed by atoms with E-state index in [4.69, 9.17) is 0 Å². The number of hydrogen-bond acceptors (Lipinski definition) is 4. The van der Waals surface area contributed by atoms with Gasteiger partial charge in [0.15, 0.2) is 12.0 Å². The molecule has 6 heteroatoms. The second-order valence-corrected chi connectivity index (χ2v) is 3.57. The van der Waals surface area contributed by atoms with Crippen molar-refractivity contribution in [3.05, 3.63) is 22.0 Å². The van der Waals surface area contributed by atoms with E-state index in [-0.39, 0.29) is 11.4 Å². The molecular weight excluding hydrogens is 210 g/mol. The maximum Gasteiger partial charge on any atom is 0.317 e. The van der Waals surface area contributed by atoms with Crippen LogP contribution in [0.4, 0.5) is 5.69 Å². The SMILES string of the molecule is CCCCCCn1ncc([N+](=O)[O-])c1C=O. The molecule has 0 spiro atoms. The smallest absolute Gasteiger partial charge is 0.296 e. The molecule has 1 rings (SSSR count). The van der Waals surface area contributed by atoms with Gasteiger partial charge in [-0.1, -0.05) is 26.2 Å². The summed E-state index contributed by atoms with van der Waals surface area (Å²) < 4.78 is 1.40. The van der Waals surface area contributed by atoms with Crippen LogP contribution >= 0.6 is 0 Å². The average molecular weight is 225 g/mol. The van der Waals surface area contributed by atoms with Crippen LogP contribution in [0.2, 0.25) is 0 Å². The molecule has 1 heterocycles. The van der Waals surface area contributed by atoms with E-state index in [1.165, 1.54) is 4.68 Å². The first-order valence-corrected chi connectivity index (χ1v) is 5.36. The van der Waals surface area contributed by atoms with Gasteiger partial charge in [0.1, 0.15) is 6.20 Å². The summed E-state index contributed by atoms with van der Waals surface area (Å²) in [4.78, 5) is 20.7. The second-order valence-electron chi connectivity index (χ2n) is 3.57. The zero-order valence-corrected chi connectivity index (χ0v) is 9.26. The summed E-state index contributed by atoms with van der Waals surface area (Å²) in [5.74, 6) is 0. The maximum absolute atomic E-state index is 10.7. The number of aldehydes is 1. The Morgan fingerprint density at radius 2 is 2.25 bits per heavy atom. The molecule has 0 radical (unpaired) electrons. The molecule has 1 aromatic rings. The average Bonchev–Trinajstić information content (AvgIpc) is 2.67. The van der Waals surface area contributed by atoms with E-state index in [0.717, 1.165) is 31.9 Å². The van der Waals surface area contributed by atoms with Gasteiger partial charge in [0, 0.05) is 6.54 Å². The minimum atomic E-state index is -0.584. The molecule has 6 nitrogen and oxygen atoms in total. The molecule has 0 aliphatic heterocycles. The first-order valence-electron chi connectivity index (χ1n) is 5.36. The van der Waals surface area contributed by atoms with Crippen LogP contribution in [0.3, 0.4) is 0 Å². The van der Waals surface area contributed by atoms with E-state index in [0.29, 0.717) is 12.8 Å². The first kappa shape index (κ1) is 12.4. The summed E-state index contributed by atoms with van der Waals surface area (Å²) in [6.07, 6.45) is 5.80. The number of unbranched alkanes of at least 4 members (excludes halogenated alkanes) is 3. The van der Waals surface area contributed by atoms with Crippen molar-refractivity contribution in [1.82, 2.24) is 9.78 Å². The Hall–Kier alpha value is -1.72. The van der Waals surface area contributed by atoms with Crippen LogP contribution in [0.1, 0.15) is 43.1 Å². The monoisotopic (exact) mass is 225 g/mol. The molecule has 0 aromatic carbocycles. The highest BCUT2D eigenvalue weighted by Crippen LogP contribution is 2.16. The minimum Gasteiger partial charge on any atom is -0.296 e. The number of carbonyl (C=O) groups excluding carboxylic acids is 1. The number of nitro groups is 1. The molecule has 0 bridgehead atoms. The van der Waals surface area contributed by atoms with Crippen molar-refractivity contribution >= 4 is 12.0 Å². The van der Waals surface area contributed by atoms with E-state index in [9.17, 15) is 14.9 Å². The summed E-state index contributed by atoms with van der Waals surface area (Å²) in [6.45, 7) is 2.66. The fourth-order valence-corrected chi connectivity index (χ4v) is 1.51. The Bertz CT molecular complexity index is 373. The summed E-state index contributed by atoms with van der Waals surface area (Å²) in [7, 11) is 0. The van der Waals surface area contributed by atoms with Gasteiger partial charge in [0.25, 0.3) is 0 Å². The highest BCUT2D eigenvalue weighted by atomic mass is 16.6. The molecule has 0 saturated heterocycles. The van der Waals surface area contributed by atoms with Gasteiger partial charge in [-0.15, -0.1) is 0 Å². The molecule has 0 amide bonds. The van der Waals surface area contributed by atoms with Gasteiger partial charge in [0.2, 0.25) is 0 Å². The highest BCUT2D eigenvalue weighted by molar-refractivity contribution is 5.78. The summed E-state index contributed by atoms with van der Waals surface area (Å²) in [6, 6.07) is 0. The predicted octanol–water partition coefficient (Wildman–Crippen LogP) is 2.18. The quantitative estimate of drug-likeness (QED) is 0.308. The molecule has 0 unspecified atom stereocenters. The van der Waals surface area contributed by atoms with Crippen molar-refractivity contribution in [1.29, 1.82) is 0 Å². The first-order chi connectivity index (χ1) is 7.70. The van der Waals surface area contributed by atoms with Crippen LogP contribution in [0.25, 0.3) is 0 Å². The maximum atomic E-state index is 10.7. The van der Waals surface area contributed by atoms with Crippen molar-refractivity contribution in [2.75, 3.05) is 0 Å². The predicted molar refractivity (Wildman–Crippen MR) is 58.4 cm³/mol. The minimum absolute atomic E-state index is 0.0569. The largest absolute Gasteiger partial charge is 0.317 e. The van der Waals surface area contributed by atoms with Crippen LogP contribution in [0, 0.1) is 10.1 Å². The number of carbonyl (C=O) groups is 1. The molecular formula is C10H15N3O3. The lowest BCUT2D eigenvalue weighted by molar-refractivity contribution is -0.385. The normalized spacial score (nSPS) is 10.3. The van der Waals surface area contributed by atoms with Crippen LogP contribution in [0.5, 0.6) is 0 Å². The molecule has 16 heavy (non-hydrogen) atoms. The van der Waals surface area contributed by atoms with Gasteiger partial charge in [-0.2, -0.15) is 5.10 Å². The number of rotatable bonds is 7. The van der Waals surface area contributed by atoms with Crippen LogP contribution < -0.4 is 0 Å². The van der Waals surface area contributed by atoms with E-state index in [1.807, 2.05) is 0 Å². The molecule has 0 N–H and O–H groups in total. The fraction of sp³-hybridized carbons (Fsp3) is 0.600. The molecule has 0 aliphatic carbocycles. The number of nitrogens with zero attached hydrogens (tertiary/aromatic N) is 3. The van der Waals surface area contributed by atoms with E-state index in [2.05, 4.69) is 12.0 Å². The van der Waals surface area contributed by atoms with E-state index >= 15 is 0 Å². The van der Waals surface area contributed by atoms with Gasteiger partial charge in [-0.3, -0.25) is 19.6 Å². The summed E-state index contributed by atoms with van der Waals surface area (Å²) >= 11 is 0. The van der Waals surface area contributed by atoms with Crippen molar-refractivity contribution < 1.29 is 9.72 Å². The standard InChI is InChI=1S/C10H15N3O3/c1-2-3-4-5-6-12-10(8-14)9(7-11-12)13(15)16/h7-8H,2-6H2,1H3. The molecule has 0 saturated carbocycles. The Labute approximate surface area is 93.4 Å². The topological polar surface area (TPSA) is 78.0 Å². The van der Waals surface area contributed by atoms with Crippen molar-refractivity contribution in [3.63, 3.8) is 0 Å². The second kappa shape index (κ2) is 5.99. The molecule has 0 fully saturated rings. The molecule has 88 valence electrons. The Kier molecular flexibility index (Phi) is 4.63. The number of hydrogen-bond donors (Lipinski definition) is 0. The molecule has 1 aromatic heterocycles. The zero-order valence-electron chi connectivity index (χ0n) is 9.26. The Balaban J connectivity index is 2.66. The van der Waals surface area contributed by atoms with E-state index in [1.54, 1.807) is 0 Å². The van der Waals surface area contributed by atoms with Crippen LogP contribution in [-0.4, -0.2) is 21.0 Å². The third-order valence-corrected chi connectivity index (χ3v) is 2.39. The zero-order chi connectivity index (χ0) is 12.0. The van der Waals surface area contributed by atoms with Crippen LogP contribution in [0.15, 0.2) is 6.20 Å². The fourth-order valence-electron chi connectivity index (χ4n) is 1.51. The summed E-state index contributed by atoms with van der Waals surface area (Å²) in [5, 5.41) is 14.4. The lowest BCUT2D eigenvalue weighted by Crippen LogP contribution is -2.05. The van der Waals surface area contributed by atoms with Crippen LogP contribution in [-0.2, 0) is 6.54 Å². The number of aryl methyl sites for hydroxylation is 1. The summed E-state index contributed by atoms with van der Waals surface area (Å²) in [5.41, 5.74) is -0.160. The van der Waals surface area contributed by atoms with Gasteiger partial charge in [0.05, 0.1) is 4.92 Å².